The molecule has 4 heterocycles. The predicted molar refractivity (Wildman–Crippen MR) is 171 cm³/mol. The molecule has 1 aromatic carbocycles. The van der Waals surface area contributed by atoms with Crippen LogP contribution in [0.3, 0.4) is 0 Å². The van der Waals surface area contributed by atoms with Crippen molar-refractivity contribution in [2.75, 3.05) is 0 Å². The summed E-state index contributed by atoms with van der Waals surface area (Å²) in [6, 6.07) is 4.60. The van der Waals surface area contributed by atoms with Crippen molar-refractivity contribution in [3.8, 4) is 5.75 Å². The number of ether oxygens (including phenoxy) is 1. The van der Waals surface area contributed by atoms with Crippen molar-refractivity contribution in [2.45, 2.75) is 123 Å². The Morgan fingerprint density at radius 3 is 2.59 bits per heavy atom. The zero-order valence-electron chi connectivity index (χ0n) is 27.0. The van der Waals surface area contributed by atoms with Crippen molar-refractivity contribution in [1.82, 2.24) is 10.2 Å². The number of nitrogens with one attached hydrogen (secondary N) is 1. The number of hydrogen-bond acceptors (Lipinski definition) is 5. The molecule has 0 aromatic heterocycles. The normalized spacial score (nSPS) is 27.8. The largest absolute Gasteiger partial charge is 0.487 e. The minimum atomic E-state index is -3.22. The van der Waals surface area contributed by atoms with E-state index >= 15 is 8.78 Å². The molecular formula is C35H48F2N4O3. The standard InChI is InChI=1S/C33H42F2N4O3.C2H6/c1-6-19(2)29-24-13-11-20(3)30(41)38-25-17-32(4,5)42-27-14-12-21(15-23(25)27)9-7-8-10-22-16-28(40)39(31(36)37-22)26(29)18-33(24,34)35;1-2/h11-15,19,22,25-26H,3,6-10,16-18H2,1-2,4-5H3,(H2,36,37)(H,38,41);1-2H3/b13-11-;. The molecule has 0 saturated heterocycles. The van der Waals surface area contributed by atoms with Crippen molar-refractivity contribution in [3.63, 3.8) is 0 Å². The maximum absolute atomic E-state index is 15.7. The number of nitrogens with two attached hydrogens (primary N) is 1. The minimum absolute atomic E-state index is 0.00456. The quantitative estimate of drug-likeness (QED) is 0.355. The molecule has 9 heteroatoms. The molecule has 1 aromatic rings. The first kappa shape index (κ1) is 33.4. The summed E-state index contributed by atoms with van der Waals surface area (Å²) >= 11 is 0. The summed E-state index contributed by atoms with van der Waals surface area (Å²) < 4.78 is 37.6. The van der Waals surface area contributed by atoms with Gasteiger partial charge in [0.05, 0.1) is 18.1 Å². The van der Waals surface area contributed by atoms with Crippen LogP contribution in [-0.4, -0.2) is 46.3 Å². The molecule has 240 valence electrons. The number of halogens is 2. The van der Waals surface area contributed by atoms with E-state index in [1.165, 1.54) is 17.1 Å². The Morgan fingerprint density at radius 1 is 1.18 bits per heavy atom. The Morgan fingerprint density at radius 2 is 1.91 bits per heavy atom. The number of rotatable bonds is 2. The third-order valence-corrected chi connectivity index (χ3v) is 9.04. The Hall–Kier alpha value is -3.49. The highest BCUT2D eigenvalue weighted by Gasteiger charge is 2.51. The topological polar surface area (TPSA) is 97.0 Å². The number of fused-ring (bicyclic) bond motifs is 7. The highest BCUT2D eigenvalue weighted by molar-refractivity contribution is 5.99. The van der Waals surface area contributed by atoms with Crippen molar-refractivity contribution >= 4 is 17.8 Å². The van der Waals surface area contributed by atoms with E-state index in [-0.39, 0.29) is 47.4 Å². The highest BCUT2D eigenvalue weighted by Crippen LogP contribution is 2.47. The fourth-order valence-electron chi connectivity index (χ4n) is 6.75. The zero-order chi connectivity index (χ0) is 32.4. The number of benzene rings is 1. The number of alkyl halides is 2. The minimum Gasteiger partial charge on any atom is -0.487 e. The van der Waals surface area contributed by atoms with Crippen molar-refractivity contribution in [1.29, 1.82) is 0 Å². The molecule has 6 rings (SSSR count). The second-order valence-corrected chi connectivity index (χ2v) is 12.8. The van der Waals surface area contributed by atoms with E-state index in [2.05, 4.69) is 23.0 Å². The van der Waals surface area contributed by atoms with Crippen molar-refractivity contribution in [2.24, 2.45) is 16.6 Å². The molecule has 4 aliphatic heterocycles. The number of guanidine groups is 1. The number of carbonyl (C=O) groups is 2. The first-order chi connectivity index (χ1) is 20.8. The molecule has 4 atom stereocenters. The van der Waals surface area contributed by atoms with Crippen LogP contribution < -0.4 is 15.8 Å². The summed E-state index contributed by atoms with van der Waals surface area (Å²) in [7, 11) is 0. The maximum Gasteiger partial charge on any atom is 0.275 e. The van der Waals surface area contributed by atoms with Gasteiger partial charge < -0.3 is 15.8 Å². The highest BCUT2D eigenvalue weighted by atomic mass is 19.3. The molecule has 2 amide bonds. The number of allylic oxidation sites excluding steroid dienone is 2. The maximum atomic E-state index is 15.7. The van der Waals surface area contributed by atoms with E-state index in [9.17, 15) is 9.59 Å². The van der Waals surface area contributed by atoms with Gasteiger partial charge in [0.25, 0.3) is 11.8 Å². The van der Waals surface area contributed by atoms with E-state index in [1.54, 1.807) is 0 Å². The molecular weight excluding hydrogens is 562 g/mol. The van der Waals surface area contributed by atoms with Crippen LogP contribution >= 0.6 is 0 Å². The summed E-state index contributed by atoms with van der Waals surface area (Å²) in [6.07, 6.45) is 6.61. The zero-order valence-corrected chi connectivity index (χ0v) is 27.0. The lowest BCUT2D eigenvalue weighted by Crippen LogP contribution is -2.53. The molecule has 7 nitrogen and oxygen atoms in total. The van der Waals surface area contributed by atoms with Gasteiger partial charge in [-0.15, -0.1) is 0 Å². The molecule has 4 unspecified atom stereocenters. The van der Waals surface area contributed by atoms with E-state index in [0.29, 0.717) is 24.8 Å². The lowest BCUT2D eigenvalue weighted by Gasteiger charge is -2.38. The molecule has 0 spiro atoms. The molecule has 1 aliphatic carbocycles. The van der Waals surface area contributed by atoms with E-state index < -0.39 is 29.9 Å². The molecule has 3 N–H and O–H groups in total. The van der Waals surface area contributed by atoms with Gasteiger partial charge >= 0.3 is 0 Å². The molecule has 0 fully saturated rings. The lowest BCUT2D eigenvalue weighted by molar-refractivity contribution is -0.130. The summed E-state index contributed by atoms with van der Waals surface area (Å²) in [5.74, 6) is -3.44. The van der Waals surface area contributed by atoms with Crippen LogP contribution in [0, 0.1) is 5.92 Å². The van der Waals surface area contributed by atoms with Gasteiger partial charge in [-0.05, 0) is 68.7 Å². The number of aliphatic imine (C=N–C) groups is 1. The van der Waals surface area contributed by atoms with Crippen LogP contribution in [0.25, 0.3) is 0 Å². The van der Waals surface area contributed by atoms with E-state index in [0.717, 1.165) is 36.1 Å². The third-order valence-electron chi connectivity index (χ3n) is 9.04. The average molecular weight is 611 g/mol. The fraction of sp³-hybridized carbons (Fsp3) is 0.571. The Balaban J connectivity index is 0.00000216. The van der Waals surface area contributed by atoms with Crippen LogP contribution in [0.2, 0.25) is 0 Å². The summed E-state index contributed by atoms with van der Waals surface area (Å²) in [4.78, 5) is 32.6. The number of amides is 2. The smallest absolute Gasteiger partial charge is 0.275 e. The van der Waals surface area contributed by atoms with Crippen LogP contribution in [0.5, 0.6) is 5.75 Å². The van der Waals surface area contributed by atoms with E-state index in [4.69, 9.17) is 10.5 Å². The second kappa shape index (κ2) is 13.2. The Bertz CT molecular complexity index is 1380. The first-order valence-electron chi connectivity index (χ1n) is 16.1. The predicted octanol–water partition coefficient (Wildman–Crippen LogP) is 6.94. The van der Waals surface area contributed by atoms with Crippen LogP contribution in [0.1, 0.15) is 104 Å². The summed E-state index contributed by atoms with van der Waals surface area (Å²) in [5.41, 5.74) is 8.18. The summed E-state index contributed by atoms with van der Waals surface area (Å²) in [5, 5.41) is 3.08. The van der Waals surface area contributed by atoms with Crippen molar-refractivity contribution < 1.29 is 23.1 Å². The Labute approximate surface area is 260 Å². The van der Waals surface area contributed by atoms with Crippen molar-refractivity contribution in [3.05, 3.63) is 64.8 Å². The van der Waals surface area contributed by atoms with Gasteiger partial charge in [-0.1, -0.05) is 58.9 Å². The SMILES string of the molecule is C=C1/C=C\C2=C(C(C)CC)C(CC2(F)F)N2C(=O)CC(CCCCc3ccc4c(c3)C(CC(C)(C)O4)NC1=O)N=C2N.CC. The first-order valence-corrected chi connectivity index (χ1v) is 16.1. The molecule has 0 saturated carbocycles. The van der Waals surface area contributed by atoms with Gasteiger partial charge in [0.1, 0.15) is 11.4 Å². The molecule has 44 heavy (non-hydrogen) atoms. The molecule has 0 radical (unpaired) electrons. The van der Waals surface area contributed by atoms with Crippen LogP contribution in [-0.2, 0) is 16.0 Å². The monoisotopic (exact) mass is 610 g/mol. The lowest BCUT2D eigenvalue weighted by atomic mass is 9.88. The Kier molecular flexibility index (Phi) is 10.1. The van der Waals surface area contributed by atoms with Gasteiger partial charge in [0.15, 0.2) is 5.96 Å². The number of nitrogens with zero attached hydrogens (tertiary/aromatic N) is 2. The van der Waals surface area contributed by atoms with Gasteiger partial charge in [0, 0.05) is 36.0 Å². The van der Waals surface area contributed by atoms with Gasteiger partial charge in [-0.3, -0.25) is 14.5 Å². The van der Waals surface area contributed by atoms with Gasteiger partial charge in [-0.25, -0.2) is 13.8 Å². The number of aryl methyl sites for hydroxylation is 1. The van der Waals surface area contributed by atoms with Crippen LogP contribution in [0.15, 0.2) is 58.6 Å². The third kappa shape index (κ3) is 6.92. The average Bonchev–Trinajstić information content (AvgIpc) is 3.22. The van der Waals surface area contributed by atoms with Crippen LogP contribution in [0.4, 0.5) is 8.78 Å². The summed E-state index contributed by atoms with van der Waals surface area (Å²) in [6.45, 7) is 15.7. The van der Waals surface area contributed by atoms with E-state index in [1.807, 2.05) is 53.7 Å². The van der Waals surface area contributed by atoms with Gasteiger partial charge in [0.2, 0.25) is 5.91 Å². The fourth-order valence-corrected chi connectivity index (χ4v) is 6.75. The number of carbonyl (C=O) groups excluding carboxylic acids is 2. The number of hydrogen-bond donors (Lipinski definition) is 2. The van der Waals surface area contributed by atoms with Gasteiger partial charge in [-0.2, -0.15) is 0 Å². The molecule has 5 aliphatic rings. The molecule has 6 bridgehead atoms. The second-order valence-electron chi connectivity index (χ2n) is 12.8.